The predicted molar refractivity (Wildman–Crippen MR) is 45.6 cm³/mol. The second kappa shape index (κ2) is 3.52. The minimum atomic E-state index is -0.0469. The Morgan fingerprint density at radius 2 is 2.33 bits per heavy atom. The van der Waals surface area contributed by atoms with Gasteiger partial charge in [-0.3, -0.25) is 9.59 Å². The number of amides is 1. The van der Waals surface area contributed by atoms with Crippen LogP contribution in [-0.4, -0.2) is 29.2 Å². The molecule has 1 rings (SSSR count). The maximum atomic E-state index is 11.2. The smallest absolute Gasteiger partial charge is 0.230 e. The molecular formula is C9H13NO2. The summed E-state index contributed by atoms with van der Waals surface area (Å²) in [5, 5.41) is 0. The molecule has 1 atom stereocenters. The molecule has 1 fully saturated rings. The van der Waals surface area contributed by atoms with E-state index in [2.05, 4.69) is 6.58 Å². The number of carbonyl (C=O) groups is 2. The normalized spacial score (nSPS) is 19.9. The average molecular weight is 167 g/mol. The number of carbonyl (C=O) groups excluding carboxylic acids is 2. The van der Waals surface area contributed by atoms with Crippen LogP contribution in [0.15, 0.2) is 12.7 Å². The molecule has 0 aromatic heterocycles. The molecule has 1 aliphatic heterocycles. The number of likely N-dealkylation sites (tertiary alicyclic amines) is 1. The molecule has 3 nitrogen and oxygen atoms in total. The van der Waals surface area contributed by atoms with Crippen LogP contribution in [-0.2, 0) is 9.59 Å². The summed E-state index contributed by atoms with van der Waals surface area (Å²) in [5.41, 5.74) is 0. The summed E-state index contributed by atoms with van der Waals surface area (Å²) in [5.74, 6) is -0.0229. The molecule has 0 aromatic rings. The lowest BCUT2D eigenvalue weighted by atomic mass is 10.2. The Bertz CT molecular complexity index is 223. The Kier molecular flexibility index (Phi) is 2.63. The highest BCUT2D eigenvalue weighted by molar-refractivity contribution is 6.05. The van der Waals surface area contributed by atoms with Crippen LogP contribution in [0.2, 0.25) is 0 Å². The zero-order valence-corrected chi connectivity index (χ0v) is 7.25. The monoisotopic (exact) mass is 167 g/mol. The molecule has 0 radical (unpaired) electrons. The number of hydrogen-bond acceptors (Lipinski definition) is 2. The number of hydrogen-bond donors (Lipinski definition) is 0. The number of nitrogens with zero attached hydrogens (tertiary/aromatic N) is 1. The highest BCUT2D eigenvalue weighted by Crippen LogP contribution is 2.12. The van der Waals surface area contributed by atoms with Gasteiger partial charge in [0.15, 0.2) is 5.78 Å². The van der Waals surface area contributed by atoms with E-state index in [9.17, 15) is 9.59 Å². The molecule has 1 heterocycles. The van der Waals surface area contributed by atoms with Crippen molar-refractivity contribution < 1.29 is 9.59 Å². The summed E-state index contributed by atoms with van der Waals surface area (Å²) >= 11 is 0. The van der Waals surface area contributed by atoms with E-state index in [1.54, 1.807) is 11.0 Å². The molecule has 1 aliphatic rings. The van der Waals surface area contributed by atoms with Crippen LogP contribution < -0.4 is 0 Å². The molecule has 1 saturated heterocycles. The van der Waals surface area contributed by atoms with Crippen LogP contribution in [0.3, 0.4) is 0 Å². The standard InChI is InChI=1S/C9H13NO2/c1-3-4-7(2)10-6-8(11)5-9(10)12/h3,7H,1,4-6H2,2H3. The minimum Gasteiger partial charge on any atom is -0.332 e. The summed E-state index contributed by atoms with van der Waals surface area (Å²) in [7, 11) is 0. The van der Waals surface area contributed by atoms with E-state index in [0.717, 1.165) is 6.42 Å². The fourth-order valence-corrected chi connectivity index (χ4v) is 1.37. The predicted octanol–water partition coefficient (Wildman–Crippen LogP) is 0.752. The van der Waals surface area contributed by atoms with Gasteiger partial charge in [-0.25, -0.2) is 0 Å². The Labute approximate surface area is 72.0 Å². The van der Waals surface area contributed by atoms with Crippen molar-refractivity contribution in [2.45, 2.75) is 25.8 Å². The lowest BCUT2D eigenvalue weighted by Gasteiger charge is -2.21. The van der Waals surface area contributed by atoms with Crippen molar-refractivity contribution in [1.29, 1.82) is 0 Å². The number of rotatable bonds is 3. The summed E-state index contributed by atoms with van der Waals surface area (Å²) in [6.07, 6.45) is 2.60. The van der Waals surface area contributed by atoms with Crippen LogP contribution >= 0.6 is 0 Å². The van der Waals surface area contributed by atoms with Gasteiger partial charge in [0.25, 0.3) is 0 Å². The van der Waals surface area contributed by atoms with Crippen molar-refractivity contribution in [2.75, 3.05) is 6.54 Å². The summed E-state index contributed by atoms with van der Waals surface area (Å²) < 4.78 is 0. The van der Waals surface area contributed by atoms with Gasteiger partial charge in [-0.1, -0.05) is 6.08 Å². The van der Waals surface area contributed by atoms with Crippen molar-refractivity contribution in [3.8, 4) is 0 Å². The van der Waals surface area contributed by atoms with Crippen LogP contribution in [0.4, 0.5) is 0 Å². The van der Waals surface area contributed by atoms with E-state index in [1.165, 1.54) is 0 Å². The molecule has 0 bridgehead atoms. The van der Waals surface area contributed by atoms with Crippen LogP contribution in [0.25, 0.3) is 0 Å². The first-order valence-corrected chi connectivity index (χ1v) is 4.07. The summed E-state index contributed by atoms with van der Waals surface area (Å²) in [6, 6.07) is 0.112. The van der Waals surface area contributed by atoms with Crippen molar-refractivity contribution in [1.82, 2.24) is 4.90 Å². The fourth-order valence-electron chi connectivity index (χ4n) is 1.37. The van der Waals surface area contributed by atoms with Gasteiger partial charge in [-0.15, -0.1) is 6.58 Å². The Morgan fingerprint density at radius 1 is 1.67 bits per heavy atom. The molecule has 0 aromatic carbocycles. The van der Waals surface area contributed by atoms with Crippen molar-refractivity contribution in [3.63, 3.8) is 0 Å². The van der Waals surface area contributed by atoms with E-state index in [4.69, 9.17) is 0 Å². The van der Waals surface area contributed by atoms with E-state index in [1.807, 2.05) is 6.92 Å². The first-order chi connectivity index (χ1) is 5.65. The van der Waals surface area contributed by atoms with Crippen LogP contribution in [0.5, 0.6) is 0 Å². The Balaban J connectivity index is 2.57. The first kappa shape index (κ1) is 8.97. The van der Waals surface area contributed by atoms with Gasteiger partial charge in [-0.05, 0) is 13.3 Å². The van der Waals surface area contributed by atoms with E-state index in [0.29, 0.717) is 0 Å². The molecule has 0 N–H and O–H groups in total. The first-order valence-electron chi connectivity index (χ1n) is 4.07. The second-order valence-corrected chi connectivity index (χ2v) is 3.11. The van der Waals surface area contributed by atoms with Crippen LogP contribution in [0, 0.1) is 0 Å². The highest BCUT2D eigenvalue weighted by atomic mass is 16.2. The number of ketones is 1. The summed E-state index contributed by atoms with van der Waals surface area (Å²) in [6.45, 7) is 5.81. The van der Waals surface area contributed by atoms with Gasteiger partial charge < -0.3 is 4.90 Å². The fraction of sp³-hybridized carbons (Fsp3) is 0.556. The van der Waals surface area contributed by atoms with Gasteiger partial charge in [-0.2, -0.15) is 0 Å². The molecule has 1 unspecified atom stereocenters. The van der Waals surface area contributed by atoms with E-state index in [-0.39, 0.29) is 30.7 Å². The van der Waals surface area contributed by atoms with E-state index < -0.39 is 0 Å². The maximum Gasteiger partial charge on any atom is 0.230 e. The lowest BCUT2D eigenvalue weighted by molar-refractivity contribution is -0.129. The average Bonchev–Trinajstić information content (AvgIpc) is 2.30. The van der Waals surface area contributed by atoms with Crippen molar-refractivity contribution >= 4 is 11.7 Å². The van der Waals surface area contributed by atoms with Gasteiger partial charge >= 0.3 is 0 Å². The molecule has 0 spiro atoms. The molecule has 66 valence electrons. The van der Waals surface area contributed by atoms with Gasteiger partial charge in [0.2, 0.25) is 5.91 Å². The third kappa shape index (κ3) is 1.72. The second-order valence-electron chi connectivity index (χ2n) is 3.11. The Hall–Kier alpha value is -1.12. The molecule has 1 amide bonds. The number of Topliss-reactive ketones (excluding diaryl/α,β-unsaturated/α-hetero) is 1. The van der Waals surface area contributed by atoms with E-state index >= 15 is 0 Å². The largest absolute Gasteiger partial charge is 0.332 e. The molecule has 0 aliphatic carbocycles. The van der Waals surface area contributed by atoms with Crippen LogP contribution in [0.1, 0.15) is 19.8 Å². The molecule has 12 heavy (non-hydrogen) atoms. The quantitative estimate of drug-likeness (QED) is 0.459. The third-order valence-electron chi connectivity index (χ3n) is 2.06. The molecule has 3 heteroatoms. The Morgan fingerprint density at radius 3 is 2.75 bits per heavy atom. The highest BCUT2D eigenvalue weighted by Gasteiger charge is 2.29. The zero-order valence-electron chi connectivity index (χ0n) is 7.25. The lowest BCUT2D eigenvalue weighted by Crippen LogP contribution is -2.34. The maximum absolute atomic E-state index is 11.2. The van der Waals surface area contributed by atoms with Crippen molar-refractivity contribution in [3.05, 3.63) is 12.7 Å². The van der Waals surface area contributed by atoms with Crippen molar-refractivity contribution in [2.24, 2.45) is 0 Å². The minimum absolute atomic E-state index is 0.0240. The molecular weight excluding hydrogens is 154 g/mol. The van der Waals surface area contributed by atoms with Gasteiger partial charge in [0.05, 0.1) is 13.0 Å². The third-order valence-corrected chi connectivity index (χ3v) is 2.06. The van der Waals surface area contributed by atoms with Gasteiger partial charge in [0.1, 0.15) is 0 Å². The SMILES string of the molecule is C=CCC(C)N1CC(=O)CC1=O. The van der Waals surface area contributed by atoms with Gasteiger partial charge in [0, 0.05) is 6.04 Å². The zero-order chi connectivity index (χ0) is 9.14. The molecule has 0 saturated carbocycles. The topological polar surface area (TPSA) is 37.4 Å². The summed E-state index contributed by atoms with van der Waals surface area (Å²) in [4.78, 5) is 23.7.